The maximum Gasteiger partial charge on any atom is 0.337 e. The molecule has 5 amide bonds. The fraction of sp³-hybridized carbons (Fsp3) is 0.600. The summed E-state index contributed by atoms with van der Waals surface area (Å²) in [5.41, 5.74) is 4.82. The topological polar surface area (TPSA) is 114 Å². The summed E-state index contributed by atoms with van der Waals surface area (Å²) in [5, 5.41) is 7.02. The first-order valence-electron chi connectivity index (χ1n) is 12.6. The van der Waals surface area contributed by atoms with Crippen molar-refractivity contribution in [1.82, 2.24) is 25.6 Å². The zero-order chi connectivity index (χ0) is 25.1. The number of rotatable bonds is 8. The Bertz CT molecular complexity index is 967. The van der Waals surface area contributed by atoms with Crippen LogP contribution >= 0.6 is 0 Å². The van der Waals surface area contributed by atoms with Crippen LogP contribution in [0.25, 0.3) is 0 Å². The van der Waals surface area contributed by atoms with Gasteiger partial charge in [0.05, 0.1) is 5.92 Å². The van der Waals surface area contributed by atoms with Crippen molar-refractivity contribution < 1.29 is 19.2 Å². The monoisotopic (exact) mass is 484 g/mol. The van der Waals surface area contributed by atoms with Crippen LogP contribution in [0.5, 0.6) is 0 Å². The Kier molecular flexibility index (Phi) is 7.59. The third-order valence-electron chi connectivity index (χ3n) is 7.21. The van der Waals surface area contributed by atoms with Gasteiger partial charge in [-0.1, -0.05) is 37.5 Å². The number of fused-ring (bicyclic) bond motifs is 3. The molecule has 1 aliphatic carbocycles. The quantitative estimate of drug-likeness (QED) is 0.523. The Labute approximate surface area is 206 Å². The molecule has 3 fully saturated rings. The molecule has 1 saturated carbocycles. The Morgan fingerprint density at radius 3 is 2.54 bits per heavy atom. The molecule has 2 heterocycles. The highest BCUT2D eigenvalue weighted by atomic mass is 16.2. The van der Waals surface area contributed by atoms with E-state index in [9.17, 15) is 19.2 Å². The van der Waals surface area contributed by atoms with Crippen LogP contribution in [0.2, 0.25) is 0 Å². The number of hydrazine groups is 1. The van der Waals surface area contributed by atoms with E-state index < -0.39 is 6.29 Å². The molecule has 10 heteroatoms. The van der Waals surface area contributed by atoms with E-state index in [0.29, 0.717) is 5.69 Å². The molecule has 4 unspecified atom stereocenters. The fourth-order valence-corrected chi connectivity index (χ4v) is 5.11. The lowest BCUT2D eigenvalue weighted by Crippen LogP contribution is -2.66. The summed E-state index contributed by atoms with van der Waals surface area (Å²) in [6.45, 7) is 5.92. The summed E-state index contributed by atoms with van der Waals surface area (Å²) >= 11 is 0. The first-order valence-corrected chi connectivity index (χ1v) is 12.6. The van der Waals surface area contributed by atoms with Crippen LogP contribution in [0.1, 0.15) is 57.9 Å². The van der Waals surface area contributed by atoms with Gasteiger partial charge in [0.2, 0.25) is 17.7 Å². The van der Waals surface area contributed by atoms with Crippen LogP contribution in [0.4, 0.5) is 10.5 Å². The van der Waals surface area contributed by atoms with Gasteiger partial charge < -0.3 is 15.5 Å². The van der Waals surface area contributed by atoms with Crippen molar-refractivity contribution in [3.05, 3.63) is 29.8 Å². The van der Waals surface area contributed by atoms with Crippen LogP contribution in [-0.2, 0) is 14.4 Å². The van der Waals surface area contributed by atoms with E-state index in [1.165, 1.54) is 5.01 Å². The molecule has 0 aromatic heterocycles. The van der Waals surface area contributed by atoms with Crippen LogP contribution in [0.3, 0.4) is 0 Å². The molecule has 2 aliphatic heterocycles. The van der Waals surface area contributed by atoms with E-state index in [2.05, 4.69) is 16.1 Å². The van der Waals surface area contributed by atoms with Crippen molar-refractivity contribution in [1.29, 1.82) is 0 Å². The Morgan fingerprint density at radius 2 is 1.83 bits per heavy atom. The average Bonchev–Trinajstić information content (AvgIpc) is 3.16. The van der Waals surface area contributed by atoms with Crippen LogP contribution in [-0.4, -0.2) is 70.0 Å². The summed E-state index contributed by atoms with van der Waals surface area (Å²) in [6.07, 6.45) is 3.66. The first kappa shape index (κ1) is 25.0. The standard InChI is InChI=1S/C25H36N6O4/c1-4-17(3)26-21(32)13-14-29-23(34)19-7-5-6-8-20(19)31-24(29)28-30(25(31)35)15-22(33)27-18-11-9-16(2)10-12-18/h9-12,17,19-20,24,28H,4-8,13-15H2,1-3H3,(H,26,32)(H,27,33). The van der Waals surface area contributed by atoms with E-state index >= 15 is 0 Å². The number of aryl methyl sites for hydroxylation is 1. The minimum absolute atomic E-state index is 0.0291. The third-order valence-corrected chi connectivity index (χ3v) is 7.21. The number of hydrogen-bond donors (Lipinski definition) is 3. The van der Waals surface area contributed by atoms with Crippen molar-refractivity contribution in [3.8, 4) is 0 Å². The predicted molar refractivity (Wildman–Crippen MR) is 131 cm³/mol. The SMILES string of the molecule is CCC(C)NC(=O)CCN1C(=O)C2CCCCC2N2C(=O)N(CC(=O)Nc3ccc(C)cc3)NC12. The molecule has 1 aromatic rings. The molecule has 10 nitrogen and oxygen atoms in total. The number of urea groups is 1. The highest BCUT2D eigenvalue weighted by Crippen LogP contribution is 2.38. The van der Waals surface area contributed by atoms with Crippen molar-refractivity contribution in [2.45, 2.75) is 77.7 Å². The van der Waals surface area contributed by atoms with Gasteiger partial charge >= 0.3 is 6.03 Å². The third kappa shape index (κ3) is 5.42. The summed E-state index contributed by atoms with van der Waals surface area (Å²) < 4.78 is 0. The largest absolute Gasteiger partial charge is 0.354 e. The molecule has 2 saturated heterocycles. The number of benzene rings is 1. The fourth-order valence-electron chi connectivity index (χ4n) is 5.11. The van der Waals surface area contributed by atoms with Crippen molar-refractivity contribution in [2.75, 3.05) is 18.4 Å². The summed E-state index contributed by atoms with van der Waals surface area (Å²) in [5.74, 6) is -0.757. The second kappa shape index (κ2) is 10.6. The molecule has 0 radical (unpaired) electrons. The van der Waals surface area contributed by atoms with Gasteiger partial charge in [0.25, 0.3) is 0 Å². The van der Waals surface area contributed by atoms with Crippen molar-refractivity contribution >= 4 is 29.4 Å². The summed E-state index contributed by atoms with van der Waals surface area (Å²) in [4.78, 5) is 55.2. The van der Waals surface area contributed by atoms with E-state index in [1.807, 2.05) is 45.0 Å². The van der Waals surface area contributed by atoms with Gasteiger partial charge in [0.15, 0.2) is 6.29 Å². The first-order chi connectivity index (χ1) is 16.8. The molecule has 35 heavy (non-hydrogen) atoms. The Morgan fingerprint density at radius 1 is 1.11 bits per heavy atom. The Hall–Kier alpha value is -3.14. The zero-order valence-corrected chi connectivity index (χ0v) is 20.8. The van der Waals surface area contributed by atoms with E-state index in [-0.39, 0.29) is 61.3 Å². The second-order valence-corrected chi connectivity index (χ2v) is 9.81. The molecule has 1 aromatic carbocycles. The lowest BCUT2D eigenvalue weighted by atomic mass is 9.81. The maximum atomic E-state index is 13.4. The number of hydrogen-bond acceptors (Lipinski definition) is 5. The zero-order valence-electron chi connectivity index (χ0n) is 20.8. The van der Waals surface area contributed by atoms with Gasteiger partial charge in [0, 0.05) is 30.7 Å². The van der Waals surface area contributed by atoms with Gasteiger partial charge in [-0.3, -0.25) is 19.3 Å². The normalized spacial score (nSPS) is 24.7. The number of nitrogens with zero attached hydrogens (tertiary/aromatic N) is 3. The molecule has 0 bridgehead atoms. The molecule has 4 atom stereocenters. The minimum atomic E-state index is -0.696. The number of anilines is 1. The van der Waals surface area contributed by atoms with E-state index in [1.54, 1.807) is 9.80 Å². The van der Waals surface area contributed by atoms with E-state index in [4.69, 9.17) is 0 Å². The summed E-state index contributed by atoms with van der Waals surface area (Å²) in [7, 11) is 0. The molecule has 3 N–H and O–H groups in total. The maximum absolute atomic E-state index is 13.4. The smallest absolute Gasteiger partial charge is 0.337 e. The molecule has 4 rings (SSSR count). The van der Waals surface area contributed by atoms with Gasteiger partial charge in [0.1, 0.15) is 6.54 Å². The number of carbonyl (C=O) groups is 4. The molecular weight excluding hydrogens is 448 g/mol. The van der Waals surface area contributed by atoms with E-state index in [0.717, 1.165) is 37.7 Å². The molecular formula is C25H36N6O4. The van der Waals surface area contributed by atoms with Gasteiger partial charge in [-0.2, -0.15) is 5.43 Å². The van der Waals surface area contributed by atoms with Crippen molar-refractivity contribution in [3.63, 3.8) is 0 Å². The number of amides is 5. The molecule has 3 aliphatic rings. The van der Waals surface area contributed by atoms with Crippen LogP contribution in [0.15, 0.2) is 24.3 Å². The predicted octanol–water partition coefficient (Wildman–Crippen LogP) is 2.17. The van der Waals surface area contributed by atoms with Gasteiger partial charge in [-0.05, 0) is 45.2 Å². The van der Waals surface area contributed by atoms with Crippen LogP contribution < -0.4 is 16.1 Å². The highest BCUT2D eigenvalue weighted by Gasteiger charge is 2.54. The summed E-state index contributed by atoms with van der Waals surface area (Å²) in [6, 6.07) is 6.98. The number of carbonyl (C=O) groups excluding carboxylic acids is 4. The molecule has 190 valence electrons. The lowest BCUT2D eigenvalue weighted by Gasteiger charge is -2.48. The Balaban J connectivity index is 1.46. The second-order valence-electron chi connectivity index (χ2n) is 9.81. The highest BCUT2D eigenvalue weighted by molar-refractivity contribution is 5.95. The minimum Gasteiger partial charge on any atom is -0.354 e. The number of nitrogens with one attached hydrogen (secondary N) is 3. The molecule has 0 spiro atoms. The van der Waals surface area contributed by atoms with Gasteiger partial charge in [-0.15, -0.1) is 0 Å². The van der Waals surface area contributed by atoms with Crippen LogP contribution in [0, 0.1) is 12.8 Å². The average molecular weight is 485 g/mol. The lowest BCUT2D eigenvalue weighted by molar-refractivity contribution is -0.156. The van der Waals surface area contributed by atoms with Crippen molar-refractivity contribution in [2.24, 2.45) is 5.92 Å². The van der Waals surface area contributed by atoms with Gasteiger partial charge in [-0.25, -0.2) is 9.80 Å².